The van der Waals surface area contributed by atoms with Gasteiger partial charge in [0.1, 0.15) is 5.82 Å². The van der Waals surface area contributed by atoms with Crippen molar-refractivity contribution in [3.8, 4) is 5.69 Å². The third-order valence-electron chi connectivity index (χ3n) is 2.73. The molecule has 0 atom stereocenters. The Morgan fingerprint density at radius 2 is 2.37 bits per heavy atom. The minimum absolute atomic E-state index is 0.307. The number of benzene rings is 1. The number of nitrogen functional groups attached to an aromatic ring is 1. The topological polar surface area (TPSA) is 85.3 Å². The molecule has 0 unspecified atom stereocenters. The zero-order valence-corrected chi connectivity index (χ0v) is 10.6. The highest BCUT2D eigenvalue weighted by Gasteiger charge is 2.10. The van der Waals surface area contributed by atoms with Gasteiger partial charge in [-0.3, -0.25) is 9.79 Å². The summed E-state index contributed by atoms with van der Waals surface area (Å²) in [6.07, 6.45) is 2.11. The third kappa shape index (κ3) is 2.33. The summed E-state index contributed by atoms with van der Waals surface area (Å²) in [7, 11) is 0. The summed E-state index contributed by atoms with van der Waals surface area (Å²) in [6.45, 7) is 6.34. The molecule has 0 aliphatic heterocycles. The molecule has 0 radical (unpaired) electrons. The fourth-order valence-corrected chi connectivity index (χ4v) is 1.79. The maximum atomic E-state index is 10.8. The standard InChI is InChI=1S/C13H15N5O/c1-3-16-11-5-4-10(6-12(11)15-2)18-13(14)9(8-19)7-17-18/h4-8,16H,2-3,14H2,1H3. The number of carbonyl (C=O) groups is 1. The molecule has 1 aromatic heterocycles. The molecule has 1 aromatic carbocycles. The number of carbonyl (C=O) groups excluding carboxylic acids is 1. The number of nitrogens with one attached hydrogen (secondary N) is 1. The van der Waals surface area contributed by atoms with Gasteiger partial charge in [-0.25, -0.2) is 4.68 Å². The van der Waals surface area contributed by atoms with Crippen LogP contribution in [0.1, 0.15) is 17.3 Å². The molecule has 0 amide bonds. The quantitative estimate of drug-likeness (QED) is 0.634. The van der Waals surface area contributed by atoms with E-state index in [-0.39, 0.29) is 0 Å². The monoisotopic (exact) mass is 257 g/mol. The molecule has 0 spiro atoms. The Bertz CT molecular complexity index is 617. The van der Waals surface area contributed by atoms with Crippen molar-refractivity contribution < 1.29 is 4.79 Å². The van der Waals surface area contributed by atoms with Gasteiger partial charge in [0.05, 0.1) is 28.8 Å². The summed E-state index contributed by atoms with van der Waals surface area (Å²) >= 11 is 0. The van der Waals surface area contributed by atoms with Crippen LogP contribution in [0, 0.1) is 0 Å². The van der Waals surface area contributed by atoms with Gasteiger partial charge in [0.15, 0.2) is 6.29 Å². The van der Waals surface area contributed by atoms with Crippen LogP contribution in [-0.2, 0) is 0 Å². The van der Waals surface area contributed by atoms with Gasteiger partial charge >= 0.3 is 0 Å². The minimum Gasteiger partial charge on any atom is -0.384 e. The Hall–Kier alpha value is -2.63. The maximum absolute atomic E-state index is 10.8. The van der Waals surface area contributed by atoms with E-state index in [2.05, 4.69) is 22.1 Å². The first kappa shape index (κ1) is 12.8. The van der Waals surface area contributed by atoms with Gasteiger partial charge in [-0.05, 0) is 31.8 Å². The molecular weight excluding hydrogens is 242 g/mol. The van der Waals surface area contributed by atoms with Crippen LogP contribution in [0.25, 0.3) is 5.69 Å². The molecule has 0 fully saturated rings. The third-order valence-corrected chi connectivity index (χ3v) is 2.73. The second kappa shape index (κ2) is 5.34. The fourth-order valence-electron chi connectivity index (χ4n) is 1.79. The van der Waals surface area contributed by atoms with Crippen LogP contribution < -0.4 is 11.1 Å². The fraction of sp³-hybridized carbons (Fsp3) is 0.154. The van der Waals surface area contributed by atoms with Gasteiger partial charge in [-0.1, -0.05) is 0 Å². The second-order valence-corrected chi connectivity index (χ2v) is 3.90. The Balaban J connectivity index is 2.48. The number of anilines is 2. The van der Waals surface area contributed by atoms with E-state index >= 15 is 0 Å². The first-order valence-electron chi connectivity index (χ1n) is 5.85. The highest BCUT2D eigenvalue weighted by molar-refractivity contribution is 5.82. The van der Waals surface area contributed by atoms with E-state index in [1.165, 1.54) is 10.9 Å². The van der Waals surface area contributed by atoms with E-state index in [4.69, 9.17) is 5.73 Å². The molecule has 2 aromatic rings. The molecule has 19 heavy (non-hydrogen) atoms. The van der Waals surface area contributed by atoms with Crippen molar-refractivity contribution in [1.82, 2.24) is 9.78 Å². The number of rotatable bonds is 5. The zero-order valence-electron chi connectivity index (χ0n) is 10.6. The smallest absolute Gasteiger partial charge is 0.155 e. The molecule has 98 valence electrons. The van der Waals surface area contributed by atoms with Crippen molar-refractivity contribution in [2.45, 2.75) is 6.92 Å². The second-order valence-electron chi connectivity index (χ2n) is 3.90. The van der Waals surface area contributed by atoms with Crippen molar-refractivity contribution in [3.05, 3.63) is 30.0 Å². The molecule has 0 saturated heterocycles. The Morgan fingerprint density at radius 3 is 2.95 bits per heavy atom. The lowest BCUT2D eigenvalue weighted by Crippen LogP contribution is -2.04. The predicted octanol–water partition coefficient (Wildman–Crippen LogP) is 2.03. The van der Waals surface area contributed by atoms with E-state index < -0.39 is 0 Å². The summed E-state index contributed by atoms with van der Waals surface area (Å²) < 4.78 is 1.49. The molecular formula is C13H15N5O. The van der Waals surface area contributed by atoms with Crippen LogP contribution in [0.3, 0.4) is 0 Å². The number of hydrogen-bond donors (Lipinski definition) is 2. The van der Waals surface area contributed by atoms with E-state index in [0.29, 0.717) is 23.4 Å². The molecule has 0 saturated carbocycles. The van der Waals surface area contributed by atoms with Gasteiger partial charge in [0, 0.05) is 6.54 Å². The highest BCUT2D eigenvalue weighted by Crippen LogP contribution is 2.28. The summed E-state index contributed by atoms with van der Waals surface area (Å²) in [6, 6.07) is 5.54. The van der Waals surface area contributed by atoms with Crippen molar-refractivity contribution >= 4 is 30.2 Å². The number of aromatic nitrogens is 2. The summed E-state index contributed by atoms with van der Waals surface area (Å²) in [5, 5.41) is 7.27. The first-order valence-corrected chi connectivity index (χ1v) is 5.85. The lowest BCUT2D eigenvalue weighted by molar-refractivity contribution is 0.112. The van der Waals surface area contributed by atoms with Crippen molar-refractivity contribution in [2.75, 3.05) is 17.6 Å². The number of aldehydes is 1. The molecule has 2 rings (SSSR count). The van der Waals surface area contributed by atoms with Crippen LogP contribution in [-0.4, -0.2) is 29.3 Å². The Morgan fingerprint density at radius 1 is 1.58 bits per heavy atom. The van der Waals surface area contributed by atoms with Crippen LogP contribution in [0.15, 0.2) is 29.4 Å². The van der Waals surface area contributed by atoms with E-state index in [1.54, 1.807) is 0 Å². The number of hydrogen-bond acceptors (Lipinski definition) is 5. The lowest BCUT2D eigenvalue weighted by Gasteiger charge is -2.10. The molecule has 0 aliphatic rings. The summed E-state index contributed by atoms with van der Waals surface area (Å²) in [5.41, 5.74) is 8.54. The van der Waals surface area contributed by atoms with Crippen molar-refractivity contribution in [2.24, 2.45) is 4.99 Å². The van der Waals surface area contributed by atoms with Gasteiger partial charge in [-0.2, -0.15) is 5.10 Å². The molecule has 3 N–H and O–H groups in total. The normalized spacial score (nSPS) is 10.2. The van der Waals surface area contributed by atoms with Gasteiger partial charge in [0.2, 0.25) is 0 Å². The van der Waals surface area contributed by atoms with Gasteiger partial charge < -0.3 is 11.1 Å². The Labute approximate surface area is 111 Å². The van der Waals surface area contributed by atoms with Crippen LogP contribution in [0.5, 0.6) is 0 Å². The Kier molecular flexibility index (Phi) is 3.61. The van der Waals surface area contributed by atoms with Gasteiger partial charge in [-0.15, -0.1) is 0 Å². The average Bonchev–Trinajstić information content (AvgIpc) is 2.80. The van der Waals surface area contributed by atoms with E-state index in [0.717, 1.165) is 17.9 Å². The van der Waals surface area contributed by atoms with Crippen LogP contribution >= 0.6 is 0 Å². The molecule has 0 bridgehead atoms. The predicted molar refractivity (Wildman–Crippen MR) is 76.7 cm³/mol. The molecule has 0 aliphatic carbocycles. The van der Waals surface area contributed by atoms with E-state index in [1.807, 2.05) is 25.1 Å². The molecule has 1 heterocycles. The van der Waals surface area contributed by atoms with Crippen LogP contribution in [0.4, 0.5) is 17.2 Å². The molecule has 6 heteroatoms. The van der Waals surface area contributed by atoms with Gasteiger partial charge in [0.25, 0.3) is 0 Å². The number of aliphatic imine (C=N–C) groups is 1. The summed E-state index contributed by atoms with van der Waals surface area (Å²) in [5.74, 6) is 0.307. The average molecular weight is 257 g/mol. The van der Waals surface area contributed by atoms with E-state index in [9.17, 15) is 4.79 Å². The number of nitrogens with zero attached hydrogens (tertiary/aromatic N) is 3. The largest absolute Gasteiger partial charge is 0.384 e. The minimum atomic E-state index is 0.307. The summed E-state index contributed by atoms with van der Waals surface area (Å²) in [4.78, 5) is 14.7. The zero-order chi connectivity index (χ0) is 13.8. The number of nitrogens with two attached hydrogens (primary N) is 1. The van der Waals surface area contributed by atoms with Crippen molar-refractivity contribution in [3.63, 3.8) is 0 Å². The lowest BCUT2D eigenvalue weighted by atomic mass is 10.2. The van der Waals surface area contributed by atoms with Crippen LogP contribution in [0.2, 0.25) is 0 Å². The SMILES string of the molecule is C=Nc1cc(-n2ncc(C=O)c2N)ccc1NCC. The molecule has 6 nitrogen and oxygen atoms in total. The first-order chi connectivity index (χ1) is 9.21. The highest BCUT2D eigenvalue weighted by atomic mass is 16.1. The maximum Gasteiger partial charge on any atom is 0.155 e. The van der Waals surface area contributed by atoms with Crippen molar-refractivity contribution in [1.29, 1.82) is 0 Å².